The van der Waals surface area contributed by atoms with Gasteiger partial charge in [-0.15, -0.1) is 0 Å². The Morgan fingerprint density at radius 3 is 2.62 bits per heavy atom. The lowest BCUT2D eigenvalue weighted by Crippen LogP contribution is -2.32. The summed E-state index contributed by atoms with van der Waals surface area (Å²) in [6.45, 7) is 5.02. The molecule has 0 aliphatic carbocycles. The van der Waals surface area contributed by atoms with Gasteiger partial charge in [-0.3, -0.25) is 0 Å². The van der Waals surface area contributed by atoms with E-state index >= 15 is 0 Å². The normalized spacial score (nSPS) is 12.4. The number of ether oxygens (including phenoxy) is 2. The number of hydrogen-bond acceptors (Lipinski definition) is 4. The first-order chi connectivity index (χ1) is 10.1. The van der Waals surface area contributed by atoms with Crippen molar-refractivity contribution in [3.05, 3.63) is 28.2 Å². The fraction of sp³-hybridized carbons (Fsp3) is 0.600. The molecule has 0 saturated heterocycles. The molecule has 0 saturated carbocycles. The summed E-state index contributed by atoms with van der Waals surface area (Å²) in [5.74, 6) is 0.410. The standard InChI is InChI=1S/C15H23Cl2NO3/c1-2-8-20-9-4-7-18-10-12(19)11-21-15-13(16)5-3-6-14(15)17/h3,5-6,12,18-19H,2,4,7-11H2,1H3. The fourth-order valence-electron chi connectivity index (χ4n) is 1.67. The van der Waals surface area contributed by atoms with Crippen LogP contribution in [0.15, 0.2) is 18.2 Å². The lowest BCUT2D eigenvalue weighted by molar-refractivity contribution is 0.103. The molecule has 0 fully saturated rings. The van der Waals surface area contributed by atoms with E-state index in [1.165, 1.54) is 0 Å². The molecule has 1 aromatic rings. The highest BCUT2D eigenvalue weighted by Crippen LogP contribution is 2.32. The van der Waals surface area contributed by atoms with E-state index in [4.69, 9.17) is 32.7 Å². The Bertz CT molecular complexity index is 384. The summed E-state index contributed by atoms with van der Waals surface area (Å²) in [5.41, 5.74) is 0. The number of hydrogen-bond donors (Lipinski definition) is 2. The van der Waals surface area contributed by atoms with Gasteiger partial charge in [0.25, 0.3) is 0 Å². The van der Waals surface area contributed by atoms with Gasteiger partial charge in [0.05, 0.1) is 10.0 Å². The Morgan fingerprint density at radius 1 is 1.24 bits per heavy atom. The number of para-hydroxylation sites is 1. The number of halogens is 2. The van der Waals surface area contributed by atoms with E-state index in [1.807, 2.05) is 0 Å². The maximum absolute atomic E-state index is 9.83. The SMILES string of the molecule is CCCOCCCNCC(O)COc1c(Cl)cccc1Cl. The average molecular weight is 336 g/mol. The highest BCUT2D eigenvalue weighted by molar-refractivity contribution is 6.37. The molecule has 6 heteroatoms. The molecular weight excluding hydrogens is 313 g/mol. The van der Waals surface area contributed by atoms with E-state index < -0.39 is 6.10 Å². The Hall–Kier alpha value is -0.520. The van der Waals surface area contributed by atoms with Crippen molar-refractivity contribution in [2.75, 3.05) is 32.9 Å². The Balaban J connectivity index is 2.12. The molecule has 0 aliphatic rings. The molecule has 1 aromatic carbocycles. The van der Waals surface area contributed by atoms with Gasteiger partial charge in [-0.2, -0.15) is 0 Å². The van der Waals surface area contributed by atoms with Gasteiger partial charge in [0.1, 0.15) is 12.7 Å². The van der Waals surface area contributed by atoms with Crippen LogP contribution in [0.4, 0.5) is 0 Å². The number of nitrogens with one attached hydrogen (secondary N) is 1. The first-order valence-corrected chi connectivity index (χ1v) is 7.94. The first kappa shape index (κ1) is 18.5. The summed E-state index contributed by atoms with van der Waals surface area (Å²) < 4.78 is 10.8. The second-order valence-electron chi connectivity index (χ2n) is 4.69. The molecule has 21 heavy (non-hydrogen) atoms. The van der Waals surface area contributed by atoms with Crippen molar-refractivity contribution in [2.24, 2.45) is 0 Å². The van der Waals surface area contributed by atoms with Gasteiger partial charge >= 0.3 is 0 Å². The summed E-state index contributed by atoms with van der Waals surface area (Å²) >= 11 is 12.0. The minimum Gasteiger partial charge on any atom is -0.488 e. The van der Waals surface area contributed by atoms with Crippen molar-refractivity contribution in [2.45, 2.75) is 25.9 Å². The van der Waals surface area contributed by atoms with Crippen LogP contribution in [0.5, 0.6) is 5.75 Å². The van der Waals surface area contributed by atoms with Crippen LogP contribution in [0, 0.1) is 0 Å². The van der Waals surface area contributed by atoms with E-state index in [0.717, 1.165) is 32.6 Å². The highest BCUT2D eigenvalue weighted by atomic mass is 35.5. The molecule has 2 N–H and O–H groups in total. The number of aliphatic hydroxyl groups is 1. The van der Waals surface area contributed by atoms with E-state index in [2.05, 4.69) is 12.2 Å². The Labute approximate surface area is 136 Å². The summed E-state index contributed by atoms with van der Waals surface area (Å²) in [7, 11) is 0. The molecule has 0 heterocycles. The largest absolute Gasteiger partial charge is 0.488 e. The number of benzene rings is 1. The van der Waals surface area contributed by atoms with Crippen molar-refractivity contribution >= 4 is 23.2 Å². The molecule has 4 nitrogen and oxygen atoms in total. The molecule has 0 radical (unpaired) electrons. The van der Waals surface area contributed by atoms with Crippen LogP contribution in [0.1, 0.15) is 19.8 Å². The molecule has 0 bridgehead atoms. The Morgan fingerprint density at radius 2 is 1.95 bits per heavy atom. The summed E-state index contributed by atoms with van der Waals surface area (Å²) in [6, 6.07) is 5.14. The maximum Gasteiger partial charge on any atom is 0.156 e. The van der Waals surface area contributed by atoms with Gasteiger partial charge in [0.15, 0.2) is 5.75 Å². The number of aliphatic hydroxyl groups excluding tert-OH is 1. The van der Waals surface area contributed by atoms with Crippen molar-refractivity contribution < 1.29 is 14.6 Å². The molecule has 1 rings (SSSR count). The fourth-order valence-corrected chi connectivity index (χ4v) is 2.18. The molecule has 120 valence electrons. The van der Waals surface area contributed by atoms with E-state index in [1.54, 1.807) is 18.2 Å². The van der Waals surface area contributed by atoms with Gasteiger partial charge in [0, 0.05) is 19.8 Å². The molecule has 0 aliphatic heterocycles. The lowest BCUT2D eigenvalue weighted by Gasteiger charge is -2.15. The predicted octanol–water partition coefficient (Wildman–Crippen LogP) is 3.14. The van der Waals surface area contributed by atoms with Gasteiger partial charge in [-0.05, 0) is 31.5 Å². The van der Waals surface area contributed by atoms with E-state index in [-0.39, 0.29) is 6.61 Å². The molecule has 1 unspecified atom stereocenters. The van der Waals surface area contributed by atoms with Crippen LogP contribution < -0.4 is 10.1 Å². The van der Waals surface area contributed by atoms with Crippen LogP contribution in [0.25, 0.3) is 0 Å². The topological polar surface area (TPSA) is 50.7 Å². The maximum atomic E-state index is 9.83. The lowest BCUT2D eigenvalue weighted by atomic mass is 10.3. The number of rotatable bonds is 11. The molecular formula is C15H23Cl2NO3. The van der Waals surface area contributed by atoms with E-state index in [9.17, 15) is 5.11 Å². The zero-order valence-corrected chi connectivity index (χ0v) is 13.8. The van der Waals surface area contributed by atoms with Crippen molar-refractivity contribution in [1.82, 2.24) is 5.32 Å². The van der Waals surface area contributed by atoms with Gasteiger partial charge in [0.2, 0.25) is 0 Å². The van der Waals surface area contributed by atoms with Gasteiger partial charge in [-0.25, -0.2) is 0 Å². The zero-order chi connectivity index (χ0) is 15.5. The molecule has 0 amide bonds. The summed E-state index contributed by atoms with van der Waals surface area (Å²) in [5, 5.41) is 13.9. The minimum absolute atomic E-state index is 0.142. The van der Waals surface area contributed by atoms with Crippen molar-refractivity contribution in [3.8, 4) is 5.75 Å². The quantitative estimate of drug-likeness (QED) is 0.610. The second-order valence-corrected chi connectivity index (χ2v) is 5.50. The van der Waals surface area contributed by atoms with Crippen LogP contribution in [-0.4, -0.2) is 44.1 Å². The second kappa shape index (κ2) is 11.1. The third kappa shape index (κ3) is 7.88. The Kier molecular flexibility index (Phi) is 9.79. The van der Waals surface area contributed by atoms with Crippen LogP contribution >= 0.6 is 23.2 Å². The van der Waals surface area contributed by atoms with Crippen LogP contribution in [-0.2, 0) is 4.74 Å². The molecule has 0 aromatic heterocycles. The smallest absolute Gasteiger partial charge is 0.156 e. The van der Waals surface area contributed by atoms with Gasteiger partial charge < -0.3 is 19.9 Å². The summed E-state index contributed by atoms with van der Waals surface area (Å²) in [6.07, 6.45) is 1.34. The first-order valence-electron chi connectivity index (χ1n) is 7.18. The third-order valence-electron chi connectivity index (χ3n) is 2.71. The summed E-state index contributed by atoms with van der Waals surface area (Å²) in [4.78, 5) is 0. The minimum atomic E-state index is -0.617. The van der Waals surface area contributed by atoms with Crippen molar-refractivity contribution in [3.63, 3.8) is 0 Å². The zero-order valence-electron chi connectivity index (χ0n) is 12.3. The van der Waals surface area contributed by atoms with Crippen molar-refractivity contribution in [1.29, 1.82) is 0 Å². The predicted molar refractivity (Wildman–Crippen MR) is 86.6 cm³/mol. The van der Waals surface area contributed by atoms with Crippen LogP contribution in [0.2, 0.25) is 10.0 Å². The van der Waals surface area contributed by atoms with E-state index in [0.29, 0.717) is 22.3 Å². The van der Waals surface area contributed by atoms with Crippen LogP contribution in [0.3, 0.4) is 0 Å². The highest BCUT2D eigenvalue weighted by Gasteiger charge is 2.10. The molecule has 1 atom stereocenters. The van der Waals surface area contributed by atoms with Gasteiger partial charge in [-0.1, -0.05) is 36.2 Å². The average Bonchev–Trinajstić information content (AvgIpc) is 2.46. The third-order valence-corrected chi connectivity index (χ3v) is 3.30. The molecule has 0 spiro atoms. The monoisotopic (exact) mass is 335 g/mol.